The summed E-state index contributed by atoms with van der Waals surface area (Å²) in [6.45, 7) is 3.26. The molecule has 1 aliphatic heterocycles. The lowest BCUT2D eigenvalue weighted by Gasteiger charge is -2.32. The van der Waals surface area contributed by atoms with Crippen molar-refractivity contribution in [1.29, 1.82) is 0 Å². The van der Waals surface area contributed by atoms with E-state index in [4.69, 9.17) is 11.3 Å². The number of nitrogens with zero attached hydrogens (tertiary/aromatic N) is 1. The number of Topliss-reactive ketones (excluding diaryl/α,β-unsaturated/α-hetero) is 1. The Balaban J connectivity index is 2.70. The molecule has 4 atom stereocenters. The number of hydroxylamine groups is 1. The van der Waals surface area contributed by atoms with Gasteiger partial charge in [0, 0.05) is 6.04 Å². The Morgan fingerprint density at radius 2 is 2.29 bits per heavy atom. The molecule has 1 aliphatic rings. The van der Waals surface area contributed by atoms with Gasteiger partial charge in [-0.3, -0.25) is 9.69 Å². The fourth-order valence-corrected chi connectivity index (χ4v) is 2.49. The second-order valence-electron chi connectivity index (χ2n) is 4.54. The van der Waals surface area contributed by atoms with E-state index in [0.717, 1.165) is 12.8 Å². The molecule has 0 saturated carbocycles. The standard InChI is InChI=1S/C12H20N2O3/c1-5-17-13-12(9(3)16)11-7-6-10(8(2)15)14(11)4/h1,9-13,16H,6-7H2,2-4H3/t9?,10-,11-,12?/m1/s1. The Hall–Kier alpha value is -1.09. The predicted octanol–water partition coefficient (Wildman–Crippen LogP) is -0.101. The summed E-state index contributed by atoms with van der Waals surface area (Å²) in [6.07, 6.45) is 8.04. The monoisotopic (exact) mass is 240 g/mol. The largest absolute Gasteiger partial charge is 0.392 e. The molecule has 96 valence electrons. The number of likely N-dealkylation sites (tertiary alicyclic amines) is 1. The SMILES string of the molecule is C#CONC(C(C)O)[C@H]1CC[C@H](C(C)=O)N1C. The van der Waals surface area contributed by atoms with Gasteiger partial charge in [-0.1, -0.05) is 6.42 Å². The number of hydrogen-bond acceptors (Lipinski definition) is 5. The topological polar surface area (TPSA) is 61.8 Å². The van der Waals surface area contributed by atoms with Crippen molar-refractivity contribution in [1.82, 2.24) is 10.4 Å². The molecule has 5 nitrogen and oxygen atoms in total. The van der Waals surface area contributed by atoms with E-state index < -0.39 is 6.10 Å². The molecule has 5 heteroatoms. The summed E-state index contributed by atoms with van der Waals surface area (Å²) >= 11 is 0. The van der Waals surface area contributed by atoms with Crippen LogP contribution >= 0.6 is 0 Å². The maximum absolute atomic E-state index is 11.4. The van der Waals surface area contributed by atoms with E-state index in [1.165, 1.54) is 0 Å². The second-order valence-corrected chi connectivity index (χ2v) is 4.54. The minimum absolute atomic E-state index is 0.0391. The summed E-state index contributed by atoms with van der Waals surface area (Å²) < 4.78 is 0. The van der Waals surface area contributed by atoms with Crippen molar-refractivity contribution in [2.75, 3.05) is 7.05 Å². The number of aliphatic hydroxyl groups excluding tert-OH is 1. The minimum atomic E-state index is -0.610. The van der Waals surface area contributed by atoms with Gasteiger partial charge in [-0.2, -0.15) is 0 Å². The van der Waals surface area contributed by atoms with Crippen LogP contribution in [0.2, 0.25) is 0 Å². The number of nitrogens with one attached hydrogen (secondary N) is 1. The van der Waals surface area contributed by atoms with Gasteiger partial charge < -0.3 is 9.94 Å². The zero-order valence-corrected chi connectivity index (χ0v) is 10.5. The quantitative estimate of drug-likeness (QED) is 0.519. The molecule has 0 radical (unpaired) electrons. The molecule has 0 aromatic rings. The van der Waals surface area contributed by atoms with Crippen LogP contribution in [-0.4, -0.2) is 47.1 Å². The molecule has 0 spiro atoms. The molecular formula is C12H20N2O3. The lowest BCUT2D eigenvalue weighted by atomic mass is 10.0. The van der Waals surface area contributed by atoms with Crippen LogP contribution in [0.5, 0.6) is 0 Å². The van der Waals surface area contributed by atoms with Crippen LogP contribution in [0.4, 0.5) is 0 Å². The van der Waals surface area contributed by atoms with Crippen LogP contribution < -0.4 is 5.48 Å². The number of likely N-dealkylation sites (N-methyl/N-ethyl adjacent to an activating group) is 1. The van der Waals surface area contributed by atoms with Gasteiger partial charge in [-0.25, -0.2) is 0 Å². The fraction of sp³-hybridized carbons (Fsp3) is 0.750. The Bertz CT molecular complexity index is 311. The van der Waals surface area contributed by atoms with Crippen LogP contribution in [0.25, 0.3) is 0 Å². The molecule has 0 bridgehead atoms. The van der Waals surface area contributed by atoms with Crippen molar-refractivity contribution in [3.63, 3.8) is 0 Å². The van der Waals surface area contributed by atoms with Crippen molar-refractivity contribution < 1.29 is 14.7 Å². The van der Waals surface area contributed by atoms with Crippen molar-refractivity contribution in [3.8, 4) is 12.5 Å². The maximum Gasteiger partial charge on any atom is 0.146 e. The van der Waals surface area contributed by atoms with Crippen LogP contribution in [0.1, 0.15) is 26.7 Å². The lowest BCUT2D eigenvalue weighted by molar-refractivity contribution is -0.121. The van der Waals surface area contributed by atoms with Crippen molar-refractivity contribution >= 4 is 5.78 Å². The van der Waals surface area contributed by atoms with Crippen LogP contribution in [0, 0.1) is 12.5 Å². The molecule has 0 aromatic heterocycles. The molecule has 17 heavy (non-hydrogen) atoms. The average molecular weight is 240 g/mol. The third-order valence-electron chi connectivity index (χ3n) is 3.41. The van der Waals surface area contributed by atoms with Crippen LogP contribution in [0.3, 0.4) is 0 Å². The first-order valence-electron chi connectivity index (χ1n) is 5.76. The Kier molecular flexibility index (Phi) is 4.94. The molecule has 1 saturated heterocycles. The number of terminal acetylenes is 1. The summed E-state index contributed by atoms with van der Waals surface area (Å²) in [7, 11) is 1.89. The maximum atomic E-state index is 11.4. The summed E-state index contributed by atoms with van der Waals surface area (Å²) in [5.41, 5.74) is 2.66. The number of ketones is 1. The predicted molar refractivity (Wildman–Crippen MR) is 63.8 cm³/mol. The van der Waals surface area contributed by atoms with E-state index in [2.05, 4.69) is 5.48 Å². The highest BCUT2D eigenvalue weighted by atomic mass is 16.6. The zero-order chi connectivity index (χ0) is 13.0. The minimum Gasteiger partial charge on any atom is -0.392 e. The molecule has 0 amide bonds. The number of carbonyl (C=O) groups is 1. The van der Waals surface area contributed by atoms with Gasteiger partial charge >= 0.3 is 0 Å². The second kappa shape index (κ2) is 6.01. The lowest BCUT2D eigenvalue weighted by Crippen LogP contribution is -2.53. The van der Waals surface area contributed by atoms with E-state index in [9.17, 15) is 9.90 Å². The van der Waals surface area contributed by atoms with Gasteiger partial charge in [0.25, 0.3) is 0 Å². The number of aliphatic hydroxyl groups is 1. The molecule has 2 N–H and O–H groups in total. The zero-order valence-electron chi connectivity index (χ0n) is 10.5. The van der Waals surface area contributed by atoms with E-state index in [1.54, 1.807) is 13.8 Å². The summed E-state index contributed by atoms with van der Waals surface area (Å²) in [5.74, 6) is 0.150. The molecule has 1 fully saturated rings. The normalized spacial score (nSPS) is 28.4. The van der Waals surface area contributed by atoms with E-state index in [-0.39, 0.29) is 23.9 Å². The van der Waals surface area contributed by atoms with E-state index >= 15 is 0 Å². The number of hydrogen-bond donors (Lipinski definition) is 2. The van der Waals surface area contributed by atoms with Gasteiger partial charge in [-0.05, 0) is 33.7 Å². The highest BCUT2D eigenvalue weighted by Crippen LogP contribution is 2.26. The van der Waals surface area contributed by atoms with Crippen LogP contribution in [0.15, 0.2) is 0 Å². The molecule has 1 rings (SSSR count). The third-order valence-corrected chi connectivity index (χ3v) is 3.41. The van der Waals surface area contributed by atoms with Crippen LogP contribution in [-0.2, 0) is 9.63 Å². The summed E-state index contributed by atoms with van der Waals surface area (Å²) in [5, 5.41) is 9.72. The Morgan fingerprint density at radius 3 is 2.71 bits per heavy atom. The fourth-order valence-electron chi connectivity index (χ4n) is 2.49. The summed E-state index contributed by atoms with van der Waals surface area (Å²) in [6, 6.07) is -0.341. The third kappa shape index (κ3) is 3.19. The molecule has 0 aliphatic carbocycles. The molecular weight excluding hydrogens is 220 g/mol. The molecule has 2 unspecified atom stereocenters. The van der Waals surface area contributed by atoms with Crippen molar-refractivity contribution in [2.45, 2.75) is 50.9 Å². The van der Waals surface area contributed by atoms with E-state index in [0.29, 0.717) is 0 Å². The van der Waals surface area contributed by atoms with Gasteiger partial charge in [0.15, 0.2) is 0 Å². The highest BCUT2D eigenvalue weighted by Gasteiger charge is 2.39. The van der Waals surface area contributed by atoms with Crippen molar-refractivity contribution in [2.24, 2.45) is 0 Å². The first-order valence-corrected chi connectivity index (χ1v) is 5.76. The van der Waals surface area contributed by atoms with E-state index in [1.807, 2.05) is 18.1 Å². The van der Waals surface area contributed by atoms with Crippen molar-refractivity contribution in [3.05, 3.63) is 0 Å². The van der Waals surface area contributed by atoms with Gasteiger partial charge in [0.2, 0.25) is 0 Å². The van der Waals surface area contributed by atoms with Gasteiger partial charge in [0.1, 0.15) is 11.9 Å². The highest BCUT2D eigenvalue weighted by molar-refractivity contribution is 5.81. The number of rotatable bonds is 5. The summed E-state index contributed by atoms with van der Waals surface area (Å²) in [4.78, 5) is 18.1. The Labute approximate surface area is 102 Å². The Morgan fingerprint density at radius 1 is 1.65 bits per heavy atom. The molecule has 1 heterocycles. The first-order chi connectivity index (χ1) is 7.99. The number of carbonyl (C=O) groups excluding carboxylic acids is 1. The van der Waals surface area contributed by atoms with Gasteiger partial charge in [-0.15, -0.1) is 5.48 Å². The first kappa shape index (κ1) is 14.0. The molecule has 0 aromatic carbocycles. The smallest absolute Gasteiger partial charge is 0.146 e. The average Bonchev–Trinajstić information content (AvgIpc) is 2.61. The van der Waals surface area contributed by atoms with Gasteiger partial charge in [0.05, 0.1) is 18.2 Å².